The standard InChI is InChI=1S/C25H47NO5/c1-5-6-7-8-9-10-11-12-13-14-15-16-17-18-22(27)19-25(30)31-23(20-24(28)29)21-26(2,3)4/h12-13,22-23,27H,5-11,14-21H2,1-4H3/b13-12-. The Morgan fingerprint density at radius 3 is 2.00 bits per heavy atom. The van der Waals surface area contributed by atoms with Gasteiger partial charge in [-0.2, -0.15) is 0 Å². The lowest BCUT2D eigenvalue weighted by Gasteiger charge is -2.29. The molecule has 0 aromatic heterocycles. The van der Waals surface area contributed by atoms with Crippen LogP contribution in [-0.2, 0) is 14.3 Å². The number of likely N-dealkylation sites (N-methyl/N-ethyl adjacent to an activating group) is 1. The number of carboxylic acids is 1. The van der Waals surface area contributed by atoms with E-state index in [0.29, 0.717) is 17.4 Å². The molecule has 0 aliphatic rings. The van der Waals surface area contributed by atoms with E-state index in [1.54, 1.807) is 0 Å². The fourth-order valence-electron chi connectivity index (χ4n) is 3.57. The van der Waals surface area contributed by atoms with Crippen molar-refractivity contribution in [2.45, 2.75) is 109 Å². The van der Waals surface area contributed by atoms with Crippen LogP contribution >= 0.6 is 0 Å². The molecule has 0 saturated heterocycles. The average molecular weight is 442 g/mol. The molecule has 1 N–H and O–H groups in total. The summed E-state index contributed by atoms with van der Waals surface area (Å²) in [5.74, 6) is -1.79. The van der Waals surface area contributed by atoms with Crippen LogP contribution in [0.4, 0.5) is 0 Å². The smallest absolute Gasteiger partial charge is 0.308 e. The number of hydrogen-bond donors (Lipinski definition) is 1. The quantitative estimate of drug-likeness (QED) is 0.135. The lowest BCUT2D eigenvalue weighted by molar-refractivity contribution is -0.873. The molecule has 31 heavy (non-hydrogen) atoms. The van der Waals surface area contributed by atoms with Gasteiger partial charge in [0.25, 0.3) is 0 Å². The van der Waals surface area contributed by atoms with Gasteiger partial charge in [0, 0.05) is 12.4 Å². The van der Waals surface area contributed by atoms with Gasteiger partial charge in [0.15, 0.2) is 6.10 Å². The van der Waals surface area contributed by atoms with E-state index in [0.717, 1.165) is 25.7 Å². The Balaban J connectivity index is 3.83. The largest absolute Gasteiger partial charge is 0.550 e. The van der Waals surface area contributed by atoms with Crippen molar-refractivity contribution in [3.8, 4) is 0 Å². The number of rotatable bonds is 20. The van der Waals surface area contributed by atoms with Gasteiger partial charge in [-0.05, 0) is 32.1 Å². The van der Waals surface area contributed by atoms with Crippen molar-refractivity contribution in [2.24, 2.45) is 0 Å². The van der Waals surface area contributed by atoms with Crippen LogP contribution in [0, 0.1) is 0 Å². The maximum atomic E-state index is 12.1. The first-order chi connectivity index (χ1) is 14.6. The SMILES string of the molecule is CCCCCCCC/C=C\CCCCCC(O)CC(=O)OC(CC(=O)[O-])C[N+](C)(C)C. The number of hydrogen-bond acceptors (Lipinski definition) is 5. The molecule has 0 aliphatic heterocycles. The molecule has 0 radical (unpaired) electrons. The molecule has 0 bridgehead atoms. The normalized spacial score (nSPS) is 14.0. The summed E-state index contributed by atoms with van der Waals surface area (Å²) in [6.07, 6.45) is 16.3. The number of carbonyl (C=O) groups is 2. The Kier molecular flexibility index (Phi) is 17.4. The first-order valence-electron chi connectivity index (χ1n) is 12.2. The summed E-state index contributed by atoms with van der Waals surface area (Å²) >= 11 is 0. The van der Waals surface area contributed by atoms with Gasteiger partial charge in [-0.25, -0.2) is 0 Å². The second kappa shape index (κ2) is 18.2. The minimum atomic E-state index is -1.24. The third kappa shape index (κ3) is 21.6. The minimum Gasteiger partial charge on any atom is -0.550 e. The highest BCUT2D eigenvalue weighted by molar-refractivity contribution is 5.71. The van der Waals surface area contributed by atoms with Crippen LogP contribution in [0.5, 0.6) is 0 Å². The number of unbranched alkanes of at least 4 members (excludes halogenated alkanes) is 9. The minimum absolute atomic E-state index is 0.0984. The number of esters is 1. The van der Waals surface area contributed by atoms with E-state index in [1.807, 2.05) is 21.1 Å². The van der Waals surface area contributed by atoms with E-state index >= 15 is 0 Å². The molecule has 6 heteroatoms. The lowest BCUT2D eigenvalue weighted by Crippen LogP contribution is -2.45. The number of carbonyl (C=O) groups excluding carboxylic acids is 2. The lowest BCUT2D eigenvalue weighted by atomic mass is 10.1. The third-order valence-corrected chi connectivity index (χ3v) is 5.15. The summed E-state index contributed by atoms with van der Waals surface area (Å²) in [6.45, 7) is 2.62. The molecule has 0 saturated carbocycles. The maximum absolute atomic E-state index is 12.1. The van der Waals surface area contributed by atoms with Gasteiger partial charge in [0.2, 0.25) is 0 Å². The summed E-state index contributed by atoms with van der Waals surface area (Å²) in [5.41, 5.74) is 0. The van der Waals surface area contributed by atoms with Crippen molar-refractivity contribution in [3.63, 3.8) is 0 Å². The van der Waals surface area contributed by atoms with Gasteiger partial charge in [0.1, 0.15) is 6.54 Å². The Morgan fingerprint density at radius 1 is 0.903 bits per heavy atom. The molecule has 182 valence electrons. The van der Waals surface area contributed by atoms with Gasteiger partial charge < -0.3 is 24.2 Å². The fourth-order valence-corrected chi connectivity index (χ4v) is 3.57. The second-order valence-corrected chi connectivity index (χ2v) is 9.68. The number of allylic oxidation sites excluding steroid dienone is 2. The van der Waals surface area contributed by atoms with Crippen molar-refractivity contribution in [1.82, 2.24) is 0 Å². The van der Waals surface area contributed by atoms with Gasteiger partial charge in [-0.1, -0.05) is 64.0 Å². The number of ether oxygens (including phenoxy) is 1. The fraction of sp³-hybridized carbons (Fsp3) is 0.840. The summed E-state index contributed by atoms with van der Waals surface area (Å²) in [6, 6.07) is 0. The molecule has 2 atom stereocenters. The predicted molar refractivity (Wildman–Crippen MR) is 123 cm³/mol. The van der Waals surface area contributed by atoms with E-state index in [1.165, 1.54) is 44.9 Å². The monoisotopic (exact) mass is 441 g/mol. The van der Waals surface area contributed by atoms with Crippen molar-refractivity contribution in [2.75, 3.05) is 27.7 Å². The number of quaternary nitrogens is 1. The Morgan fingerprint density at radius 2 is 1.45 bits per heavy atom. The topological polar surface area (TPSA) is 86.7 Å². The number of aliphatic carboxylic acids is 1. The van der Waals surface area contributed by atoms with Crippen LogP contribution in [0.1, 0.15) is 96.8 Å². The van der Waals surface area contributed by atoms with E-state index in [9.17, 15) is 19.8 Å². The van der Waals surface area contributed by atoms with E-state index in [-0.39, 0.29) is 12.8 Å². The zero-order valence-corrected chi connectivity index (χ0v) is 20.4. The summed E-state index contributed by atoms with van der Waals surface area (Å²) < 4.78 is 5.76. The van der Waals surface area contributed by atoms with Gasteiger partial charge >= 0.3 is 5.97 Å². The number of aliphatic hydroxyl groups is 1. The van der Waals surface area contributed by atoms with Crippen LogP contribution in [0.15, 0.2) is 12.2 Å². The van der Waals surface area contributed by atoms with Crippen molar-refractivity contribution >= 4 is 11.9 Å². The van der Waals surface area contributed by atoms with E-state index in [2.05, 4.69) is 19.1 Å². The zero-order valence-electron chi connectivity index (χ0n) is 20.4. The van der Waals surface area contributed by atoms with Crippen LogP contribution in [-0.4, -0.2) is 61.4 Å². The second-order valence-electron chi connectivity index (χ2n) is 9.68. The molecule has 0 amide bonds. The highest BCUT2D eigenvalue weighted by Gasteiger charge is 2.23. The average Bonchev–Trinajstić information content (AvgIpc) is 2.63. The highest BCUT2D eigenvalue weighted by Crippen LogP contribution is 2.12. The molecular formula is C25H47NO5. The van der Waals surface area contributed by atoms with Gasteiger partial charge in [0.05, 0.1) is 33.7 Å². The van der Waals surface area contributed by atoms with Crippen LogP contribution in [0.2, 0.25) is 0 Å². The zero-order chi connectivity index (χ0) is 23.5. The first kappa shape index (κ1) is 29.6. The third-order valence-electron chi connectivity index (χ3n) is 5.15. The van der Waals surface area contributed by atoms with Crippen LogP contribution in [0.3, 0.4) is 0 Å². The summed E-state index contributed by atoms with van der Waals surface area (Å²) in [4.78, 5) is 22.9. The molecule has 0 aromatic carbocycles. The number of nitrogens with zero attached hydrogens (tertiary/aromatic N) is 1. The molecule has 0 aromatic rings. The predicted octanol–water partition coefficient (Wildman–Crippen LogP) is 3.75. The maximum Gasteiger partial charge on any atom is 0.308 e. The molecule has 2 unspecified atom stereocenters. The molecule has 0 fully saturated rings. The van der Waals surface area contributed by atoms with Gasteiger partial charge in [-0.15, -0.1) is 0 Å². The van der Waals surface area contributed by atoms with Crippen LogP contribution in [0.25, 0.3) is 0 Å². The summed E-state index contributed by atoms with van der Waals surface area (Å²) in [7, 11) is 5.69. The number of carboxylic acid groups (broad SMARTS) is 1. The highest BCUT2D eigenvalue weighted by atomic mass is 16.5. The van der Waals surface area contributed by atoms with Crippen molar-refractivity contribution in [3.05, 3.63) is 12.2 Å². The molecular weight excluding hydrogens is 394 g/mol. The number of aliphatic hydroxyl groups excluding tert-OH is 1. The Labute approximate surface area is 190 Å². The molecule has 0 rings (SSSR count). The van der Waals surface area contributed by atoms with Crippen molar-refractivity contribution < 1.29 is 29.0 Å². The Bertz CT molecular complexity index is 499. The van der Waals surface area contributed by atoms with E-state index < -0.39 is 24.1 Å². The molecule has 0 heterocycles. The molecule has 0 spiro atoms. The van der Waals surface area contributed by atoms with E-state index in [4.69, 9.17) is 4.74 Å². The summed E-state index contributed by atoms with van der Waals surface area (Å²) in [5, 5.41) is 21.0. The van der Waals surface area contributed by atoms with Gasteiger partial charge in [-0.3, -0.25) is 4.79 Å². The molecule has 6 nitrogen and oxygen atoms in total. The Hall–Kier alpha value is -1.40. The van der Waals surface area contributed by atoms with Crippen LogP contribution < -0.4 is 5.11 Å². The first-order valence-corrected chi connectivity index (χ1v) is 12.2. The molecule has 0 aliphatic carbocycles. The van der Waals surface area contributed by atoms with Crippen molar-refractivity contribution in [1.29, 1.82) is 0 Å².